The number of nitrogens with two attached hydrogens (primary N) is 1. The highest BCUT2D eigenvalue weighted by Crippen LogP contribution is 2.28. The van der Waals surface area contributed by atoms with Crippen LogP contribution in [0.15, 0.2) is 12.1 Å². The lowest BCUT2D eigenvalue weighted by atomic mass is 10.1. The molecular weight excluding hydrogens is 351 g/mol. The smallest absolute Gasteiger partial charge is 0.424 e. The molecule has 0 bridgehead atoms. The van der Waals surface area contributed by atoms with Crippen LogP contribution in [0.5, 0.6) is 0 Å². The number of ether oxygens (including phenoxy) is 1. The third-order valence-corrected chi connectivity index (χ3v) is 3.39. The topological polar surface area (TPSA) is 89.7 Å². The van der Waals surface area contributed by atoms with Crippen molar-refractivity contribution in [3.63, 3.8) is 0 Å². The predicted molar refractivity (Wildman–Crippen MR) is 71.1 cm³/mol. The zero-order chi connectivity index (χ0) is 13.4. The summed E-state index contributed by atoms with van der Waals surface area (Å²) in [5.74, 6) is -1.37. The highest BCUT2D eigenvalue weighted by atomic mass is 127. The van der Waals surface area contributed by atoms with Crippen LogP contribution in [0.25, 0.3) is 0 Å². The normalized spacial score (nSPS) is 13.8. The number of imide groups is 3. The molecule has 18 heavy (non-hydrogen) atoms. The first-order valence-electron chi connectivity index (χ1n) is 5.12. The van der Waals surface area contributed by atoms with Crippen LogP contribution in [0, 0.1) is 3.57 Å². The number of carbonyl (C=O) groups is 3. The summed E-state index contributed by atoms with van der Waals surface area (Å²) < 4.78 is 5.32. The predicted octanol–water partition coefficient (Wildman–Crippen LogP) is 1.63. The molecule has 0 aliphatic carbocycles. The van der Waals surface area contributed by atoms with Gasteiger partial charge in [0, 0.05) is 9.26 Å². The van der Waals surface area contributed by atoms with Crippen molar-refractivity contribution >= 4 is 46.2 Å². The van der Waals surface area contributed by atoms with E-state index < -0.39 is 17.9 Å². The van der Waals surface area contributed by atoms with E-state index in [9.17, 15) is 14.4 Å². The van der Waals surface area contributed by atoms with Crippen molar-refractivity contribution in [1.82, 2.24) is 4.90 Å². The Bertz CT molecular complexity index is 529. The molecule has 1 aromatic carbocycles. The molecule has 2 N–H and O–H groups in total. The van der Waals surface area contributed by atoms with Gasteiger partial charge in [-0.05, 0) is 41.6 Å². The zero-order valence-electron chi connectivity index (χ0n) is 9.40. The SMILES string of the molecule is CCOC(=O)N1C(=O)c2cc(N)c(I)cc2C1=O. The van der Waals surface area contributed by atoms with Crippen molar-refractivity contribution in [2.45, 2.75) is 6.92 Å². The quantitative estimate of drug-likeness (QED) is 0.467. The second-order valence-corrected chi connectivity index (χ2v) is 4.73. The Kier molecular flexibility index (Phi) is 3.24. The van der Waals surface area contributed by atoms with Crippen molar-refractivity contribution in [1.29, 1.82) is 0 Å². The van der Waals surface area contributed by atoms with E-state index in [4.69, 9.17) is 5.73 Å². The Labute approximate surface area is 116 Å². The number of hydrogen-bond acceptors (Lipinski definition) is 5. The molecule has 0 saturated carbocycles. The van der Waals surface area contributed by atoms with Crippen molar-refractivity contribution in [3.8, 4) is 0 Å². The van der Waals surface area contributed by atoms with Gasteiger partial charge in [-0.1, -0.05) is 0 Å². The van der Waals surface area contributed by atoms with Crippen molar-refractivity contribution in [3.05, 3.63) is 26.8 Å². The lowest BCUT2D eigenvalue weighted by Crippen LogP contribution is -2.36. The first-order chi connectivity index (χ1) is 8.47. The van der Waals surface area contributed by atoms with Crippen molar-refractivity contribution in [2.24, 2.45) is 0 Å². The molecule has 3 amide bonds. The highest BCUT2D eigenvalue weighted by molar-refractivity contribution is 14.1. The zero-order valence-corrected chi connectivity index (χ0v) is 11.6. The van der Waals surface area contributed by atoms with E-state index >= 15 is 0 Å². The summed E-state index contributed by atoms with van der Waals surface area (Å²) in [5, 5.41) is 0. The number of hydrogen-bond donors (Lipinski definition) is 1. The molecule has 0 saturated heterocycles. The second kappa shape index (κ2) is 4.56. The molecule has 2 rings (SSSR count). The van der Waals surface area contributed by atoms with Crippen molar-refractivity contribution < 1.29 is 19.1 Å². The number of carbonyl (C=O) groups excluding carboxylic acids is 3. The molecule has 1 heterocycles. The van der Waals surface area contributed by atoms with Crippen LogP contribution in [0.2, 0.25) is 0 Å². The molecule has 0 aromatic heterocycles. The van der Waals surface area contributed by atoms with Gasteiger partial charge in [0.25, 0.3) is 11.8 Å². The lowest BCUT2D eigenvalue weighted by molar-refractivity contribution is 0.0596. The van der Waals surface area contributed by atoms with E-state index in [-0.39, 0.29) is 17.7 Å². The molecule has 94 valence electrons. The van der Waals surface area contributed by atoms with Crippen LogP contribution in [0.4, 0.5) is 10.5 Å². The number of nitrogens with zero attached hydrogens (tertiary/aromatic N) is 1. The molecular formula is C11H9IN2O4. The molecule has 0 atom stereocenters. The van der Waals surface area contributed by atoms with Crippen LogP contribution in [-0.4, -0.2) is 29.4 Å². The lowest BCUT2D eigenvalue weighted by Gasteiger charge is -2.10. The average molecular weight is 360 g/mol. The van der Waals surface area contributed by atoms with Gasteiger partial charge in [0.2, 0.25) is 0 Å². The van der Waals surface area contributed by atoms with E-state index in [0.29, 0.717) is 14.2 Å². The van der Waals surface area contributed by atoms with E-state index in [2.05, 4.69) is 4.74 Å². The molecule has 1 aromatic rings. The number of amides is 3. The van der Waals surface area contributed by atoms with Gasteiger partial charge in [-0.25, -0.2) is 4.79 Å². The summed E-state index contributed by atoms with van der Waals surface area (Å²) in [5.41, 5.74) is 6.37. The van der Waals surface area contributed by atoms with Gasteiger partial charge in [-0.3, -0.25) is 9.59 Å². The molecule has 7 heteroatoms. The standard InChI is InChI=1S/C11H9IN2O4/c1-2-18-11(17)14-9(15)5-3-7(12)8(13)4-6(5)10(14)16/h3-4H,2,13H2,1H3. The summed E-state index contributed by atoms with van der Waals surface area (Å²) in [4.78, 5) is 35.9. The minimum Gasteiger partial charge on any atom is -0.449 e. The summed E-state index contributed by atoms with van der Waals surface area (Å²) in [7, 11) is 0. The minimum atomic E-state index is -0.961. The monoisotopic (exact) mass is 360 g/mol. The number of fused-ring (bicyclic) bond motifs is 1. The Balaban J connectivity index is 2.47. The number of anilines is 1. The molecule has 0 fully saturated rings. The third-order valence-electron chi connectivity index (χ3n) is 2.45. The fourth-order valence-electron chi connectivity index (χ4n) is 1.63. The first-order valence-corrected chi connectivity index (χ1v) is 6.19. The molecule has 1 aliphatic rings. The fraction of sp³-hybridized carbons (Fsp3) is 0.182. The van der Waals surface area contributed by atoms with Gasteiger partial charge in [0.15, 0.2) is 0 Å². The highest BCUT2D eigenvalue weighted by Gasteiger charge is 2.41. The molecule has 0 spiro atoms. The van der Waals surface area contributed by atoms with Crippen LogP contribution < -0.4 is 5.73 Å². The Hall–Kier alpha value is -1.64. The van der Waals surface area contributed by atoms with Crippen LogP contribution in [-0.2, 0) is 4.74 Å². The van der Waals surface area contributed by atoms with E-state index in [1.807, 2.05) is 22.6 Å². The summed E-state index contributed by atoms with van der Waals surface area (Å²) in [6.45, 7) is 1.68. The first kappa shape index (κ1) is 12.8. The second-order valence-electron chi connectivity index (χ2n) is 3.56. The van der Waals surface area contributed by atoms with Gasteiger partial charge >= 0.3 is 6.09 Å². The molecule has 1 aliphatic heterocycles. The van der Waals surface area contributed by atoms with Gasteiger partial charge < -0.3 is 10.5 Å². The Morgan fingerprint density at radius 1 is 1.33 bits per heavy atom. The summed E-state index contributed by atoms with van der Waals surface area (Å²) >= 11 is 1.95. The van der Waals surface area contributed by atoms with Gasteiger partial charge in [-0.15, -0.1) is 0 Å². The van der Waals surface area contributed by atoms with Gasteiger partial charge in [0.05, 0.1) is 17.7 Å². The van der Waals surface area contributed by atoms with E-state index in [0.717, 1.165) is 0 Å². The molecule has 6 nitrogen and oxygen atoms in total. The summed E-state index contributed by atoms with van der Waals surface area (Å²) in [6, 6.07) is 2.89. The maximum absolute atomic E-state index is 11.9. The van der Waals surface area contributed by atoms with E-state index in [1.54, 1.807) is 6.92 Å². The average Bonchev–Trinajstić information content (AvgIpc) is 2.53. The van der Waals surface area contributed by atoms with Crippen molar-refractivity contribution in [2.75, 3.05) is 12.3 Å². The third kappa shape index (κ3) is 1.84. The molecule has 0 unspecified atom stereocenters. The summed E-state index contributed by atoms with van der Waals surface area (Å²) in [6.07, 6.45) is -0.961. The van der Waals surface area contributed by atoms with Gasteiger partial charge in [0.1, 0.15) is 0 Å². The van der Waals surface area contributed by atoms with Gasteiger partial charge in [-0.2, -0.15) is 4.90 Å². The Morgan fingerprint density at radius 3 is 2.44 bits per heavy atom. The maximum Gasteiger partial charge on any atom is 0.424 e. The number of nitrogen functional groups attached to an aromatic ring is 1. The minimum absolute atomic E-state index is 0.0892. The number of benzene rings is 1. The number of halogens is 1. The number of rotatable bonds is 1. The van der Waals surface area contributed by atoms with Crippen LogP contribution in [0.1, 0.15) is 27.6 Å². The fourth-order valence-corrected chi connectivity index (χ4v) is 2.10. The maximum atomic E-state index is 11.9. The largest absolute Gasteiger partial charge is 0.449 e. The van der Waals surface area contributed by atoms with Crippen LogP contribution in [0.3, 0.4) is 0 Å². The van der Waals surface area contributed by atoms with Crippen LogP contribution >= 0.6 is 22.6 Å². The molecule has 0 radical (unpaired) electrons. The van der Waals surface area contributed by atoms with E-state index in [1.165, 1.54) is 12.1 Å². The Morgan fingerprint density at radius 2 is 1.89 bits per heavy atom.